The standard InChI is InChI=1S/C18H16BrN3O5S2/c1-8(23)27-13(18(19)15(26)22-11(14(24)25)7-28-16(18)22)9-6-21-10-4-2-3-5-12(10)29-17(21)20-9/h6-7,13,16H,2-5H2,1H3,(H,24,25)/t13?,16-,18?/m1/s1. The van der Waals surface area contributed by atoms with Gasteiger partial charge >= 0.3 is 11.9 Å². The highest BCUT2D eigenvalue weighted by Gasteiger charge is 2.69. The predicted octanol–water partition coefficient (Wildman–Crippen LogP) is 2.85. The number of carboxylic acid groups (broad SMARTS) is 1. The van der Waals surface area contributed by atoms with Crippen LogP contribution in [-0.4, -0.2) is 46.9 Å². The third-order valence-electron chi connectivity index (χ3n) is 5.45. The van der Waals surface area contributed by atoms with Crippen molar-refractivity contribution in [3.05, 3.63) is 33.6 Å². The molecule has 0 bridgehead atoms. The predicted molar refractivity (Wildman–Crippen MR) is 110 cm³/mol. The lowest BCUT2D eigenvalue weighted by Crippen LogP contribution is -2.70. The van der Waals surface area contributed by atoms with Crippen LogP contribution in [0.3, 0.4) is 0 Å². The van der Waals surface area contributed by atoms with Crippen molar-refractivity contribution in [1.82, 2.24) is 14.3 Å². The van der Waals surface area contributed by atoms with Crippen LogP contribution in [0, 0.1) is 0 Å². The Bertz CT molecular complexity index is 1110. The number of carbonyl (C=O) groups is 3. The molecule has 2 unspecified atom stereocenters. The van der Waals surface area contributed by atoms with Crippen molar-refractivity contribution in [3.8, 4) is 0 Å². The fourth-order valence-corrected chi connectivity index (χ4v) is 7.60. The average Bonchev–Trinajstić information content (AvgIpc) is 3.36. The van der Waals surface area contributed by atoms with E-state index in [-0.39, 0.29) is 5.70 Å². The molecule has 152 valence electrons. The molecule has 2 aliphatic heterocycles. The first-order valence-corrected chi connectivity index (χ1v) is 11.7. The lowest BCUT2D eigenvalue weighted by Gasteiger charge is -2.51. The molecule has 1 aliphatic carbocycles. The summed E-state index contributed by atoms with van der Waals surface area (Å²) in [5, 5.41) is 10.2. The van der Waals surface area contributed by atoms with E-state index in [1.165, 1.54) is 46.0 Å². The summed E-state index contributed by atoms with van der Waals surface area (Å²) in [6.07, 6.45) is 5.19. The zero-order valence-corrected chi connectivity index (χ0v) is 18.5. The van der Waals surface area contributed by atoms with Crippen molar-refractivity contribution < 1.29 is 24.2 Å². The normalized spacial score (nSPS) is 26.6. The number of carbonyl (C=O) groups excluding carboxylic acids is 2. The number of aryl methyl sites for hydroxylation is 2. The first kappa shape index (κ1) is 19.1. The number of thiazole rings is 1. The number of amides is 1. The van der Waals surface area contributed by atoms with Gasteiger partial charge in [0, 0.05) is 29.1 Å². The summed E-state index contributed by atoms with van der Waals surface area (Å²) in [5.41, 5.74) is 1.64. The van der Waals surface area contributed by atoms with Gasteiger partial charge in [-0.3, -0.25) is 18.9 Å². The van der Waals surface area contributed by atoms with Crippen LogP contribution in [0.25, 0.3) is 4.96 Å². The summed E-state index contributed by atoms with van der Waals surface area (Å²) < 4.78 is 6.33. The van der Waals surface area contributed by atoms with Gasteiger partial charge in [-0.05, 0) is 25.7 Å². The Balaban J connectivity index is 1.54. The maximum Gasteiger partial charge on any atom is 0.353 e. The summed E-state index contributed by atoms with van der Waals surface area (Å²) in [7, 11) is 0. The van der Waals surface area contributed by atoms with Gasteiger partial charge in [-0.2, -0.15) is 0 Å². The summed E-state index contributed by atoms with van der Waals surface area (Å²) in [6.45, 7) is 1.28. The quantitative estimate of drug-likeness (QED) is 0.393. The molecule has 1 amide bonds. The van der Waals surface area contributed by atoms with Crippen molar-refractivity contribution in [2.24, 2.45) is 0 Å². The molecular formula is C18H16BrN3O5S2. The van der Waals surface area contributed by atoms with Gasteiger partial charge in [-0.1, -0.05) is 15.9 Å². The summed E-state index contributed by atoms with van der Waals surface area (Å²) in [6, 6.07) is 0. The summed E-state index contributed by atoms with van der Waals surface area (Å²) in [5.74, 6) is -2.15. The van der Waals surface area contributed by atoms with Crippen LogP contribution in [0.15, 0.2) is 17.3 Å². The minimum atomic E-state index is -1.28. The molecule has 11 heteroatoms. The van der Waals surface area contributed by atoms with E-state index in [0.717, 1.165) is 24.2 Å². The highest BCUT2D eigenvalue weighted by atomic mass is 79.9. The van der Waals surface area contributed by atoms with Crippen LogP contribution >= 0.6 is 39.0 Å². The van der Waals surface area contributed by atoms with Gasteiger partial charge in [0.05, 0.1) is 0 Å². The Labute approximate surface area is 182 Å². The second-order valence-electron chi connectivity index (χ2n) is 7.23. The van der Waals surface area contributed by atoms with E-state index in [9.17, 15) is 19.5 Å². The Kier molecular flexibility index (Phi) is 4.34. The van der Waals surface area contributed by atoms with Gasteiger partial charge in [0.1, 0.15) is 16.8 Å². The monoisotopic (exact) mass is 497 g/mol. The Hall–Kier alpha value is -1.85. The maximum atomic E-state index is 13.0. The highest BCUT2D eigenvalue weighted by Crippen LogP contribution is 2.58. The van der Waals surface area contributed by atoms with Crippen LogP contribution in [0.1, 0.15) is 42.1 Å². The van der Waals surface area contributed by atoms with Crippen molar-refractivity contribution in [2.75, 3.05) is 0 Å². The van der Waals surface area contributed by atoms with Crippen molar-refractivity contribution >= 4 is 61.8 Å². The number of esters is 1. The lowest BCUT2D eigenvalue weighted by atomic mass is 9.89. The number of alkyl halides is 1. The smallest absolute Gasteiger partial charge is 0.353 e. The summed E-state index contributed by atoms with van der Waals surface area (Å²) >= 11 is 6.35. The minimum Gasteiger partial charge on any atom is -0.477 e. The molecule has 4 heterocycles. The van der Waals surface area contributed by atoms with E-state index in [4.69, 9.17) is 4.74 Å². The molecule has 0 aromatic carbocycles. The Morgan fingerprint density at radius 2 is 2.17 bits per heavy atom. The van der Waals surface area contributed by atoms with E-state index in [2.05, 4.69) is 20.9 Å². The molecule has 5 rings (SSSR count). The fraction of sp³-hybridized carbons (Fsp3) is 0.444. The molecule has 1 saturated heterocycles. The van der Waals surface area contributed by atoms with E-state index in [0.29, 0.717) is 5.69 Å². The van der Waals surface area contributed by atoms with E-state index in [1.54, 1.807) is 11.3 Å². The maximum absolute atomic E-state index is 13.0. The zero-order chi connectivity index (χ0) is 20.5. The van der Waals surface area contributed by atoms with Crippen LogP contribution in [0.2, 0.25) is 0 Å². The van der Waals surface area contributed by atoms with Crippen LogP contribution in [0.5, 0.6) is 0 Å². The van der Waals surface area contributed by atoms with Crippen LogP contribution in [-0.2, 0) is 32.0 Å². The number of β-lactam (4-membered cyclic amide) rings is 1. The molecule has 0 radical (unpaired) electrons. The molecule has 2 aromatic rings. The number of rotatable bonds is 4. The van der Waals surface area contributed by atoms with E-state index >= 15 is 0 Å². The minimum absolute atomic E-state index is 0.0680. The molecule has 29 heavy (non-hydrogen) atoms. The highest BCUT2D eigenvalue weighted by molar-refractivity contribution is 9.10. The fourth-order valence-electron chi connectivity index (χ4n) is 4.13. The number of fused-ring (bicyclic) bond motifs is 4. The lowest BCUT2D eigenvalue weighted by molar-refractivity contribution is -0.162. The number of thioether (sulfide) groups is 1. The van der Waals surface area contributed by atoms with Gasteiger partial charge in [-0.25, -0.2) is 9.78 Å². The van der Waals surface area contributed by atoms with Crippen LogP contribution < -0.4 is 0 Å². The molecule has 1 N–H and O–H groups in total. The third-order valence-corrected chi connectivity index (χ3v) is 9.30. The number of halogens is 1. The van der Waals surface area contributed by atoms with Gasteiger partial charge < -0.3 is 9.84 Å². The largest absolute Gasteiger partial charge is 0.477 e. The Morgan fingerprint density at radius 1 is 1.41 bits per heavy atom. The third kappa shape index (κ3) is 2.63. The van der Waals surface area contributed by atoms with Crippen LogP contribution in [0.4, 0.5) is 0 Å². The topological polar surface area (TPSA) is 101 Å². The number of imidazole rings is 1. The van der Waals surface area contributed by atoms with Gasteiger partial charge in [-0.15, -0.1) is 23.1 Å². The van der Waals surface area contributed by atoms with Crippen molar-refractivity contribution in [3.63, 3.8) is 0 Å². The molecule has 2 aromatic heterocycles. The van der Waals surface area contributed by atoms with Gasteiger partial charge in [0.2, 0.25) is 0 Å². The average molecular weight is 498 g/mol. The Morgan fingerprint density at radius 3 is 2.90 bits per heavy atom. The number of ether oxygens (including phenoxy) is 1. The summed E-state index contributed by atoms with van der Waals surface area (Å²) in [4.78, 5) is 44.3. The molecule has 0 spiro atoms. The zero-order valence-electron chi connectivity index (χ0n) is 15.3. The molecule has 1 fully saturated rings. The second kappa shape index (κ2) is 6.58. The molecule has 8 nitrogen and oxygen atoms in total. The van der Waals surface area contributed by atoms with Crippen molar-refractivity contribution in [2.45, 2.75) is 48.4 Å². The van der Waals surface area contributed by atoms with E-state index in [1.807, 2.05) is 10.6 Å². The number of hydrogen-bond acceptors (Lipinski definition) is 7. The SMILES string of the molecule is CC(=O)OC(c1cn2c3c(sc2n1)CCCC3)C1(Br)C(=O)N2C(C(=O)O)=CS[C@@H]21. The number of carboxylic acids is 1. The first-order chi connectivity index (χ1) is 13.8. The number of hydrogen-bond donors (Lipinski definition) is 1. The molecule has 0 saturated carbocycles. The number of aliphatic carboxylic acids is 1. The number of aromatic nitrogens is 2. The van der Waals surface area contributed by atoms with Gasteiger partial charge in [0.15, 0.2) is 15.4 Å². The first-order valence-electron chi connectivity index (χ1n) is 9.10. The van der Waals surface area contributed by atoms with Crippen molar-refractivity contribution in [1.29, 1.82) is 0 Å². The van der Waals surface area contributed by atoms with Gasteiger partial charge in [0.25, 0.3) is 5.91 Å². The molecule has 3 atom stereocenters. The second-order valence-corrected chi connectivity index (χ2v) is 10.6. The molecule has 3 aliphatic rings. The number of nitrogens with zero attached hydrogens (tertiary/aromatic N) is 3. The molecular weight excluding hydrogens is 482 g/mol. The van der Waals surface area contributed by atoms with E-state index < -0.39 is 33.6 Å².